The molecule has 20 heavy (non-hydrogen) atoms. The fourth-order valence-electron chi connectivity index (χ4n) is 1.97. The van der Waals surface area contributed by atoms with Crippen molar-refractivity contribution in [2.45, 2.75) is 19.5 Å². The van der Waals surface area contributed by atoms with Crippen LogP contribution in [-0.2, 0) is 6.54 Å². The van der Waals surface area contributed by atoms with Crippen LogP contribution in [0.2, 0.25) is 0 Å². The molecule has 0 aromatic heterocycles. The molecule has 2 aromatic rings. The summed E-state index contributed by atoms with van der Waals surface area (Å²) in [5, 5.41) is 14.1. The third-order valence-electron chi connectivity index (χ3n) is 3.16. The van der Waals surface area contributed by atoms with Gasteiger partial charge in [-0.05, 0) is 24.6 Å². The Hall–Kier alpha value is -2.27. The lowest BCUT2D eigenvalue weighted by Crippen LogP contribution is -2.18. The molecule has 0 radical (unpaired) electrons. The number of nitro groups is 1. The van der Waals surface area contributed by atoms with Crippen LogP contribution in [0.25, 0.3) is 0 Å². The minimum absolute atomic E-state index is 0.0181. The number of hydrogen-bond acceptors (Lipinski definition) is 3. The van der Waals surface area contributed by atoms with Crippen LogP contribution < -0.4 is 5.32 Å². The van der Waals surface area contributed by atoms with Crippen molar-refractivity contribution in [2.75, 3.05) is 0 Å². The Morgan fingerprint density at radius 3 is 2.50 bits per heavy atom. The monoisotopic (exact) mass is 274 g/mol. The zero-order chi connectivity index (χ0) is 14.5. The Balaban J connectivity index is 2.05. The molecular weight excluding hydrogens is 259 g/mol. The minimum Gasteiger partial charge on any atom is -0.306 e. The molecule has 0 aliphatic heterocycles. The van der Waals surface area contributed by atoms with Gasteiger partial charge < -0.3 is 5.32 Å². The van der Waals surface area contributed by atoms with Crippen LogP contribution in [0.3, 0.4) is 0 Å². The Bertz CT molecular complexity index is 599. The lowest BCUT2D eigenvalue weighted by molar-refractivity contribution is -0.385. The zero-order valence-corrected chi connectivity index (χ0v) is 11.0. The van der Waals surface area contributed by atoms with Gasteiger partial charge in [0.1, 0.15) is 5.82 Å². The van der Waals surface area contributed by atoms with Gasteiger partial charge in [-0.2, -0.15) is 0 Å². The second-order valence-electron chi connectivity index (χ2n) is 4.54. The Labute approximate surface area is 116 Å². The van der Waals surface area contributed by atoms with Gasteiger partial charge in [-0.1, -0.05) is 30.3 Å². The topological polar surface area (TPSA) is 55.2 Å². The molecule has 0 aliphatic rings. The number of halogens is 1. The van der Waals surface area contributed by atoms with Crippen molar-refractivity contribution in [3.63, 3.8) is 0 Å². The first-order valence-corrected chi connectivity index (χ1v) is 6.29. The molecule has 0 spiro atoms. The smallest absolute Gasteiger partial charge is 0.273 e. The predicted octanol–water partition coefficient (Wildman–Crippen LogP) is 3.58. The van der Waals surface area contributed by atoms with Crippen LogP contribution in [0.4, 0.5) is 10.1 Å². The zero-order valence-electron chi connectivity index (χ0n) is 11.0. The molecule has 104 valence electrons. The average molecular weight is 274 g/mol. The van der Waals surface area contributed by atoms with E-state index in [2.05, 4.69) is 5.32 Å². The van der Waals surface area contributed by atoms with E-state index in [4.69, 9.17) is 0 Å². The second kappa shape index (κ2) is 6.25. The third-order valence-corrected chi connectivity index (χ3v) is 3.16. The van der Waals surface area contributed by atoms with E-state index in [0.717, 1.165) is 5.56 Å². The second-order valence-corrected chi connectivity index (χ2v) is 4.54. The highest BCUT2D eigenvalue weighted by Gasteiger charge is 2.13. The summed E-state index contributed by atoms with van der Waals surface area (Å²) in [4.78, 5) is 10.5. The highest BCUT2D eigenvalue weighted by atomic mass is 19.1. The number of nitrogens with zero attached hydrogens (tertiary/aromatic N) is 1. The van der Waals surface area contributed by atoms with E-state index in [1.807, 2.05) is 6.92 Å². The van der Waals surface area contributed by atoms with E-state index in [0.29, 0.717) is 12.1 Å². The maximum atomic E-state index is 12.8. The van der Waals surface area contributed by atoms with Crippen molar-refractivity contribution in [1.82, 2.24) is 5.32 Å². The molecule has 1 atom stereocenters. The van der Waals surface area contributed by atoms with Crippen LogP contribution in [0.15, 0.2) is 48.5 Å². The van der Waals surface area contributed by atoms with Crippen LogP contribution in [0.5, 0.6) is 0 Å². The first-order valence-electron chi connectivity index (χ1n) is 6.29. The highest BCUT2D eigenvalue weighted by molar-refractivity contribution is 5.39. The van der Waals surface area contributed by atoms with Gasteiger partial charge in [0, 0.05) is 24.2 Å². The minimum atomic E-state index is -0.389. The van der Waals surface area contributed by atoms with Crippen molar-refractivity contribution < 1.29 is 9.31 Å². The summed E-state index contributed by atoms with van der Waals surface area (Å²) >= 11 is 0. The number of benzene rings is 2. The van der Waals surface area contributed by atoms with Crippen LogP contribution in [0, 0.1) is 15.9 Å². The number of nitrogens with one attached hydrogen (secondary N) is 1. The molecule has 2 aromatic carbocycles. The summed E-state index contributed by atoms with van der Waals surface area (Å²) in [6, 6.07) is 12.8. The first-order chi connectivity index (χ1) is 9.58. The molecule has 4 nitrogen and oxygen atoms in total. The molecule has 0 unspecified atom stereocenters. The quantitative estimate of drug-likeness (QED) is 0.669. The molecule has 0 aliphatic carbocycles. The molecule has 2 rings (SSSR count). The summed E-state index contributed by atoms with van der Waals surface area (Å²) in [6.07, 6.45) is 0. The SMILES string of the molecule is C[C@H](NCc1ccccc1[N+](=O)[O-])c1ccc(F)cc1. The normalized spacial score (nSPS) is 12.1. The number of nitro benzene ring substituents is 1. The molecule has 0 bridgehead atoms. The molecule has 0 amide bonds. The van der Waals surface area contributed by atoms with E-state index in [1.165, 1.54) is 18.2 Å². The molecule has 0 saturated carbocycles. The average Bonchev–Trinajstić information content (AvgIpc) is 2.45. The van der Waals surface area contributed by atoms with E-state index < -0.39 is 0 Å². The van der Waals surface area contributed by atoms with Gasteiger partial charge in [0.15, 0.2) is 0 Å². The van der Waals surface area contributed by atoms with Crippen molar-refractivity contribution in [3.05, 3.63) is 75.6 Å². The Morgan fingerprint density at radius 2 is 1.85 bits per heavy atom. The maximum absolute atomic E-state index is 12.8. The van der Waals surface area contributed by atoms with Gasteiger partial charge in [0.05, 0.1) is 4.92 Å². The molecule has 0 saturated heterocycles. The van der Waals surface area contributed by atoms with Gasteiger partial charge in [-0.15, -0.1) is 0 Å². The van der Waals surface area contributed by atoms with E-state index in [-0.39, 0.29) is 22.5 Å². The number of hydrogen-bond donors (Lipinski definition) is 1. The fraction of sp³-hybridized carbons (Fsp3) is 0.200. The molecule has 1 N–H and O–H groups in total. The summed E-state index contributed by atoms with van der Waals surface area (Å²) in [5.74, 6) is -0.278. The Kier molecular flexibility index (Phi) is 4.42. The van der Waals surface area contributed by atoms with Crippen LogP contribution >= 0.6 is 0 Å². The number of rotatable bonds is 5. The van der Waals surface area contributed by atoms with E-state index in [9.17, 15) is 14.5 Å². The van der Waals surface area contributed by atoms with E-state index >= 15 is 0 Å². The molecular formula is C15H15FN2O2. The maximum Gasteiger partial charge on any atom is 0.273 e. The lowest BCUT2D eigenvalue weighted by atomic mass is 10.1. The van der Waals surface area contributed by atoms with Gasteiger partial charge >= 0.3 is 0 Å². The lowest BCUT2D eigenvalue weighted by Gasteiger charge is -2.14. The molecule has 0 fully saturated rings. The van der Waals surface area contributed by atoms with Crippen LogP contribution in [-0.4, -0.2) is 4.92 Å². The van der Waals surface area contributed by atoms with Gasteiger partial charge in [0.25, 0.3) is 5.69 Å². The van der Waals surface area contributed by atoms with Crippen molar-refractivity contribution in [2.24, 2.45) is 0 Å². The van der Waals surface area contributed by atoms with Gasteiger partial charge in [0.2, 0.25) is 0 Å². The molecule has 0 heterocycles. The fourth-order valence-corrected chi connectivity index (χ4v) is 1.97. The largest absolute Gasteiger partial charge is 0.306 e. The summed E-state index contributed by atoms with van der Waals surface area (Å²) < 4.78 is 12.8. The van der Waals surface area contributed by atoms with Gasteiger partial charge in [-0.3, -0.25) is 10.1 Å². The molecule has 5 heteroatoms. The Morgan fingerprint density at radius 1 is 1.20 bits per heavy atom. The van der Waals surface area contributed by atoms with Crippen molar-refractivity contribution in [1.29, 1.82) is 0 Å². The van der Waals surface area contributed by atoms with E-state index in [1.54, 1.807) is 30.3 Å². The predicted molar refractivity (Wildman–Crippen MR) is 74.8 cm³/mol. The summed E-state index contributed by atoms with van der Waals surface area (Å²) in [6.45, 7) is 2.32. The first kappa shape index (κ1) is 14.1. The standard InChI is InChI=1S/C15H15FN2O2/c1-11(12-6-8-14(16)9-7-12)17-10-13-4-2-3-5-15(13)18(19)20/h2-9,11,17H,10H2,1H3/t11-/m0/s1. The van der Waals surface area contributed by atoms with Crippen LogP contribution in [0.1, 0.15) is 24.1 Å². The summed E-state index contributed by atoms with van der Waals surface area (Å²) in [5.41, 5.74) is 1.67. The summed E-state index contributed by atoms with van der Waals surface area (Å²) in [7, 11) is 0. The highest BCUT2D eigenvalue weighted by Crippen LogP contribution is 2.19. The van der Waals surface area contributed by atoms with Crippen molar-refractivity contribution >= 4 is 5.69 Å². The number of para-hydroxylation sites is 1. The van der Waals surface area contributed by atoms with Crippen molar-refractivity contribution in [3.8, 4) is 0 Å². The third kappa shape index (κ3) is 3.39. The van der Waals surface area contributed by atoms with Gasteiger partial charge in [-0.25, -0.2) is 4.39 Å².